The van der Waals surface area contributed by atoms with E-state index < -0.39 is 5.97 Å². The zero-order valence-corrected chi connectivity index (χ0v) is 6.62. The molecule has 0 bridgehead atoms. The van der Waals surface area contributed by atoms with Crippen LogP contribution in [0, 0.1) is 11.8 Å². The highest BCUT2D eigenvalue weighted by Gasteiger charge is 2.28. The molecule has 0 spiro atoms. The van der Waals surface area contributed by atoms with Crippen LogP contribution >= 0.6 is 0 Å². The van der Waals surface area contributed by atoms with Crippen LogP contribution in [0.4, 0.5) is 0 Å². The second kappa shape index (κ2) is 3.56. The van der Waals surface area contributed by atoms with Crippen LogP contribution in [0.15, 0.2) is 12.7 Å². The van der Waals surface area contributed by atoms with Gasteiger partial charge in [-0.25, -0.2) is 0 Å². The number of carboxylic acids is 1. The Morgan fingerprint density at radius 2 is 2.36 bits per heavy atom. The van der Waals surface area contributed by atoms with Gasteiger partial charge in [0.1, 0.15) is 0 Å². The van der Waals surface area contributed by atoms with E-state index in [4.69, 9.17) is 5.11 Å². The lowest BCUT2D eigenvalue weighted by molar-refractivity contribution is -0.141. The number of allylic oxidation sites excluding steroid dienone is 1. The van der Waals surface area contributed by atoms with E-state index in [9.17, 15) is 4.79 Å². The maximum Gasteiger partial charge on any atom is 0.306 e. The Kier molecular flexibility index (Phi) is 2.69. The van der Waals surface area contributed by atoms with Crippen molar-refractivity contribution < 1.29 is 9.90 Å². The van der Waals surface area contributed by atoms with E-state index in [2.05, 4.69) is 6.58 Å². The average Bonchev–Trinajstić information content (AvgIpc) is 2.37. The summed E-state index contributed by atoms with van der Waals surface area (Å²) in [6.45, 7) is 3.65. The van der Waals surface area contributed by atoms with Gasteiger partial charge in [0.15, 0.2) is 0 Å². The zero-order chi connectivity index (χ0) is 8.27. The number of rotatable bonds is 3. The van der Waals surface area contributed by atoms with Crippen molar-refractivity contribution in [3.63, 3.8) is 0 Å². The van der Waals surface area contributed by atoms with Crippen molar-refractivity contribution in [3.8, 4) is 0 Å². The molecule has 2 atom stereocenters. The Morgan fingerprint density at radius 1 is 1.64 bits per heavy atom. The summed E-state index contributed by atoms with van der Waals surface area (Å²) >= 11 is 0. The number of hydrogen-bond donors (Lipinski definition) is 1. The summed E-state index contributed by atoms with van der Waals surface area (Å²) in [5, 5.41) is 8.67. The third kappa shape index (κ3) is 2.07. The summed E-state index contributed by atoms with van der Waals surface area (Å²) in [7, 11) is 0. The molecular weight excluding hydrogens is 140 g/mol. The summed E-state index contributed by atoms with van der Waals surface area (Å²) in [5.74, 6) is -0.134. The first-order valence-electron chi connectivity index (χ1n) is 4.07. The van der Waals surface area contributed by atoms with Crippen molar-refractivity contribution >= 4 is 5.97 Å². The molecule has 62 valence electrons. The third-order valence-corrected chi connectivity index (χ3v) is 2.39. The molecular formula is C9H14O2. The monoisotopic (exact) mass is 154 g/mol. The van der Waals surface area contributed by atoms with Gasteiger partial charge in [-0.05, 0) is 31.6 Å². The van der Waals surface area contributed by atoms with Crippen LogP contribution in [0.1, 0.15) is 25.7 Å². The van der Waals surface area contributed by atoms with E-state index in [0.29, 0.717) is 5.92 Å². The van der Waals surface area contributed by atoms with Crippen LogP contribution in [0.2, 0.25) is 0 Å². The van der Waals surface area contributed by atoms with Gasteiger partial charge in [0.05, 0.1) is 5.92 Å². The van der Waals surface area contributed by atoms with Gasteiger partial charge in [0, 0.05) is 0 Å². The maximum absolute atomic E-state index is 10.5. The van der Waals surface area contributed by atoms with Crippen molar-refractivity contribution in [2.24, 2.45) is 11.8 Å². The molecule has 2 heteroatoms. The van der Waals surface area contributed by atoms with Gasteiger partial charge in [0.25, 0.3) is 0 Å². The van der Waals surface area contributed by atoms with Gasteiger partial charge in [-0.3, -0.25) is 4.79 Å². The van der Waals surface area contributed by atoms with E-state index in [1.807, 2.05) is 6.08 Å². The highest BCUT2D eigenvalue weighted by molar-refractivity contribution is 5.70. The van der Waals surface area contributed by atoms with Crippen molar-refractivity contribution in [2.45, 2.75) is 25.7 Å². The van der Waals surface area contributed by atoms with Gasteiger partial charge >= 0.3 is 5.97 Å². The lowest BCUT2D eigenvalue weighted by Gasteiger charge is -2.04. The van der Waals surface area contributed by atoms with Gasteiger partial charge in [0.2, 0.25) is 0 Å². The second-order valence-electron chi connectivity index (χ2n) is 3.24. The summed E-state index contributed by atoms with van der Waals surface area (Å²) < 4.78 is 0. The van der Waals surface area contributed by atoms with Crippen molar-refractivity contribution in [2.75, 3.05) is 0 Å². The molecule has 0 amide bonds. The summed E-state index contributed by atoms with van der Waals surface area (Å²) in [4.78, 5) is 10.5. The van der Waals surface area contributed by atoms with E-state index in [1.54, 1.807) is 0 Å². The number of hydrogen-bond acceptors (Lipinski definition) is 1. The molecule has 1 aliphatic rings. The van der Waals surface area contributed by atoms with Gasteiger partial charge in [-0.2, -0.15) is 0 Å². The first kappa shape index (κ1) is 8.31. The van der Waals surface area contributed by atoms with Crippen LogP contribution in [-0.2, 0) is 4.79 Å². The molecule has 0 heterocycles. The molecule has 2 nitrogen and oxygen atoms in total. The largest absolute Gasteiger partial charge is 0.481 e. The SMILES string of the molecule is C=CCC1CCC(C(=O)O)C1. The standard InChI is InChI=1S/C9H14O2/c1-2-3-7-4-5-8(6-7)9(10)11/h2,7-8H,1,3-6H2,(H,10,11). The quantitative estimate of drug-likeness (QED) is 0.632. The van der Waals surface area contributed by atoms with Crippen LogP contribution in [0.3, 0.4) is 0 Å². The van der Waals surface area contributed by atoms with E-state index in [0.717, 1.165) is 25.7 Å². The molecule has 0 saturated heterocycles. The fourth-order valence-electron chi connectivity index (χ4n) is 1.75. The molecule has 0 aromatic heterocycles. The molecule has 0 aliphatic heterocycles. The summed E-state index contributed by atoms with van der Waals surface area (Å²) in [6.07, 6.45) is 5.62. The second-order valence-corrected chi connectivity index (χ2v) is 3.24. The first-order valence-corrected chi connectivity index (χ1v) is 4.07. The van der Waals surface area contributed by atoms with Crippen molar-refractivity contribution in [1.82, 2.24) is 0 Å². The average molecular weight is 154 g/mol. The lowest BCUT2D eigenvalue weighted by Crippen LogP contribution is -2.09. The molecule has 1 rings (SSSR count). The number of carbonyl (C=O) groups is 1. The lowest BCUT2D eigenvalue weighted by atomic mass is 10.0. The normalized spacial score (nSPS) is 30.2. The van der Waals surface area contributed by atoms with Crippen LogP contribution in [-0.4, -0.2) is 11.1 Å². The predicted molar refractivity (Wildman–Crippen MR) is 43.3 cm³/mol. The molecule has 1 aliphatic carbocycles. The minimum absolute atomic E-state index is 0.0834. The topological polar surface area (TPSA) is 37.3 Å². The van der Waals surface area contributed by atoms with Crippen LogP contribution in [0.25, 0.3) is 0 Å². The summed E-state index contributed by atoms with van der Waals surface area (Å²) in [6, 6.07) is 0. The molecule has 0 aromatic rings. The number of aliphatic carboxylic acids is 1. The minimum atomic E-state index is -0.628. The van der Waals surface area contributed by atoms with Crippen LogP contribution < -0.4 is 0 Å². The molecule has 2 unspecified atom stereocenters. The fourth-order valence-corrected chi connectivity index (χ4v) is 1.75. The predicted octanol–water partition coefficient (Wildman–Crippen LogP) is 2.06. The Morgan fingerprint density at radius 3 is 2.82 bits per heavy atom. The van der Waals surface area contributed by atoms with Crippen LogP contribution in [0.5, 0.6) is 0 Å². The highest BCUT2D eigenvalue weighted by atomic mass is 16.4. The zero-order valence-electron chi connectivity index (χ0n) is 6.62. The first-order chi connectivity index (χ1) is 5.24. The Hall–Kier alpha value is -0.790. The van der Waals surface area contributed by atoms with E-state index >= 15 is 0 Å². The molecule has 1 saturated carbocycles. The van der Waals surface area contributed by atoms with Gasteiger partial charge in [-0.1, -0.05) is 6.08 Å². The minimum Gasteiger partial charge on any atom is -0.481 e. The van der Waals surface area contributed by atoms with E-state index in [-0.39, 0.29) is 5.92 Å². The van der Waals surface area contributed by atoms with E-state index in [1.165, 1.54) is 0 Å². The van der Waals surface area contributed by atoms with Gasteiger partial charge in [-0.15, -0.1) is 6.58 Å². The smallest absolute Gasteiger partial charge is 0.306 e. The molecule has 1 N–H and O–H groups in total. The van der Waals surface area contributed by atoms with Gasteiger partial charge < -0.3 is 5.11 Å². The number of carboxylic acid groups (broad SMARTS) is 1. The molecule has 11 heavy (non-hydrogen) atoms. The molecule has 1 fully saturated rings. The fraction of sp³-hybridized carbons (Fsp3) is 0.667. The Bertz CT molecular complexity index is 163. The molecule has 0 aromatic carbocycles. The third-order valence-electron chi connectivity index (χ3n) is 2.39. The maximum atomic E-state index is 10.5. The molecule has 0 radical (unpaired) electrons. The highest BCUT2D eigenvalue weighted by Crippen LogP contribution is 2.33. The van der Waals surface area contributed by atoms with Crippen molar-refractivity contribution in [3.05, 3.63) is 12.7 Å². The Balaban J connectivity index is 2.34. The summed E-state index contributed by atoms with van der Waals surface area (Å²) in [5.41, 5.74) is 0. The Labute approximate surface area is 66.9 Å². The van der Waals surface area contributed by atoms with Crippen molar-refractivity contribution in [1.29, 1.82) is 0 Å².